The lowest BCUT2D eigenvalue weighted by atomic mass is 9.89. The van der Waals surface area contributed by atoms with Gasteiger partial charge in [-0.1, -0.05) is 47.5 Å². The van der Waals surface area contributed by atoms with E-state index in [2.05, 4.69) is 6.07 Å². The highest BCUT2D eigenvalue weighted by Crippen LogP contribution is 2.45. The van der Waals surface area contributed by atoms with Crippen molar-refractivity contribution in [3.05, 3.63) is 111 Å². The number of aryl methyl sites for hydroxylation is 1. The summed E-state index contributed by atoms with van der Waals surface area (Å²) < 4.78 is 1.48. The van der Waals surface area contributed by atoms with E-state index in [0.717, 1.165) is 16.5 Å². The maximum absolute atomic E-state index is 13.4. The summed E-state index contributed by atoms with van der Waals surface area (Å²) >= 11 is 6.58. The van der Waals surface area contributed by atoms with E-state index >= 15 is 0 Å². The van der Waals surface area contributed by atoms with Gasteiger partial charge in [-0.15, -0.1) is 0 Å². The number of para-hydroxylation sites is 1. The van der Waals surface area contributed by atoms with Crippen LogP contribution in [0.2, 0.25) is 5.02 Å². The van der Waals surface area contributed by atoms with Crippen molar-refractivity contribution in [2.24, 2.45) is 0 Å². The zero-order valence-electron chi connectivity index (χ0n) is 17.2. The molecule has 0 saturated heterocycles. The van der Waals surface area contributed by atoms with E-state index in [1.807, 2.05) is 37.3 Å². The summed E-state index contributed by atoms with van der Waals surface area (Å²) in [5, 5.41) is 14.0. The second-order valence-electron chi connectivity index (χ2n) is 8.26. The molecule has 32 heavy (non-hydrogen) atoms. The Balaban J connectivity index is 1.61. The molecule has 1 aliphatic heterocycles. The Morgan fingerprint density at radius 2 is 1.81 bits per heavy atom. The molecule has 0 radical (unpaired) electrons. The van der Waals surface area contributed by atoms with Gasteiger partial charge in [-0.3, -0.25) is 14.3 Å². The number of hydrogen-bond donors (Lipinski definition) is 1. The van der Waals surface area contributed by atoms with Gasteiger partial charge in [0.05, 0.1) is 22.1 Å². The molecule has 5 nitrogen and oxygen atoms in total. The second kappa shape index (κ2) is 6.73. The van der Waals surface area contributed by atoms with E-state index in [0.29, 0.717) is 32.9 Å². The highest BCUT2D eigenvalue weighted by molar-refractivity contribution is 6.31. The SMILES string of the molecule is Cc1ccc2nc(CC3(O)c4c(Cl)cccc4-n4c3nc3ccccc3c4=O)ccc2c1. The Hall–Kier alpha value is -3.54. The lowest BCUT2D eigenvalue weighted by molar-refractivity contribution is 0.0765. The van der Waals surface area contributed by atoms with Gasteiger partial charge in [0.15, 0.2) is 11.4 Å². The van der Waals surface area contributed by atoms with Crippen molar-refractivity contribution in [2.75, 3.05) is 0 Å². The third-order valence-electron chi connectivity index (χ3n) is 6.13. The molecular formula is C26H18ClN3O2. The maximum Gasteiger partial charge on any atom is 0.266 e. The molecular weight excluding hydrogens is 422 g/mol. The van der Waals surface area contributed by atoms with Gasteiger partial charge in [-0.05, 0) is 49.4 Å². The minimum atomic E-state index is -1.59. The molecule has 3 aromatic carbocycles. The van der Waals surface area contributed by atoms with Crippen LogP contribution in [0.25, 0.3) is 27.5 Å². The van der Waals surface area contributed by atoms with Crippen molar-refractivity contribution < 1.29 is 5.11 Å². The lowest BCUT2D eigenvalue weighted by Crippen LogP contribution is -2.32. The Bertz CT molecular complexity index is 1630. The number of aromatic nitrogens is 3. The van der Waals surface area contributed by atoms with E-state index in [-0.39, 0.29) is 17.8 Å². The highest BCUT2D eigenvalue weighted by atomic mass is 35.5. The molecule has 0 amide bonds. The van der Waals surface area contributed by atoms with Crippen LogP contribution < -0.4 is 5.56 Å². The summed E-state index contributed by atoms with van der Waals surface area (Å²) in [6.07, 6.45) is 0.137. The first-order valence-electron chi connectivity index (χ1n) is 10.4. The molecule has 0 aliphatic carbocycles. The second-order valence-corrected chi connectivity index (χ2v) is 8.67. The molecule has 6 rings (SSSR count). The monoisotopic (exact) mass is 439 g/mol. The number of benzene rings is 3. The van der Waals surface area contributed by atoms with Crippen LogP contribution in [0.5, 0.6) is 0 Å². The zero-order valence-corrected chi connectivity index (χ0v) is 18.0. The molecule has 2 aromatic heterocycles. The van der Waals surface area contributed by atoms with Crippen molar-refractivity contribution in [1.29, 1.82) is 0 Å². The minimum Gasteiger partial charge on any atom is -0.377 e. The fraction of sp³-hybridized carbons (Fsp3) is 0.115. The summed E-state index contributed by atoms with van der Waals surface area (Å²) in [5.41, 5.74) is 2.43. The van der Waals surface area contributed by atoms with Crippen LogP contribution in [0.15, 0.2) is 77.6 Å². The number of nitrogens with zero attached hydrogens (tertiary/aromatic N) is 3. The van der Waals surface area contributed by atoms with Crippen molar-refractivity contribution in [3.8, 4) is 5.69 Å². The first-order chi connectivity index (χ1) is 15.5. The van der Waals surface area contributed by atoms with Gasteiger partial charge in [-0.2, -0.15) is 0 Å². The van der Waals surface area contributed by atoms with Crippen LogP contribution in [-0.2, 0) is 12.0 Å². The summed E-state index contributed by atoms with van der Waals surface area (Å²) in [6, 6.07) is 22.4. The van der Waals surface area contributed by atoms with E-state index in [4.69, 9.17) is 21.6 Å². The van der Waals surface area contributed by atoms with Crippen LogP contribution in [-0.4, -0.2) is 19.6 Å². The van der Waals surface area contributed by atoms with Crippen LogP contribution >= 0.6 is 11.6 Å². The fourth-order valence-corrected chi connectivity index (χ4v) is 5.00. The highest BCUT2D eigenvalue weighted by Gasteiger charge is 2.46. The van der Waals surface area contributed by atoms with Crippen LogP contribution in [0.1, 0.15) is 22.6 Å². The first kappa shape index (κ1) is 19.2. The number of aliphatic hydroxyl groups is 1. The molecule has 0 fully saturated rings. The van der Waals surface area contributed by atoms with E-state index in [1.165, 1.54) is 4.57 Å². The molecule has 6 heteroatoms. The molecule has 0 spiro atoms. The largest absolute Gasteiger partial charge is 0.377 e. The van der Waals surface area contributed by atoms with Gasteiger partial charge in [0.25, 0.3) is 5.56 Å². The number of halogens is 1. The Morgan fingerprint density at radius 3 is 2.69 bits per heavy atom. The van der Waals surface area contributed by atoms with E-state index in [9.17, 15) is 9.90 Å². The quantitative estimate of drug-likeness (QED) is 0.433. The van der Waals surface area contributed by atoms with Gasteiger partial charge < -0.3 is 5.11 Å². The number of rotatable bonds is 2. The molecule has 5 aromatic rings. The van der Waals surface area contributed by atoms with Crippen LogP contribution in [0.3, 0.4) is 0 Å². The normalized spacial score (nSPS) is 17.0. The van der Waals surface area contributed by atoms with Crippen LogP contribution in [0.4, 0.5) is 0 Å². The summed E-state index contributed by atoms with van der Waals surface area (Å²) in [5.74, 6) is 0.259. The predicted molar refractivity (Wildman–Crippen MR) is 126 cm³/mol. The molecule has 1 aliphatic rings. The lowest BCUT2D eigenvalue weighted by Gasteiger charge is -2.24. The Labute approximate surface area is 188 Å². The average molecular weight is 440 g/mol. The van der Waals surface area contributed by atoms with Crippen molar-refractivity contribution in [3.63, 3.8) is 0 Å². The molecule has 1 N–H and O–H groups in total. The predicted octanol–water partition coefficient (Wildman–Crippen LogP) is 4.69. The van der Waals surface area contributed by atoms with E-state index < -0.39 is 5.60 Å². The van der Waals surface area contributed by atoms with E-state index in [1.54, 1.807) is 36.4 Å². The smallest absolute Gasteiger partial charge is 0.266 e. The van der Waals surface area contributed by atoms with Gasteiger partial charge in [0, 0.05) is 28.1 Å². The molecule has 0 bridgehead atoms. The standard InChI is InChI=1S/C26H18ClN3O2/c1-15-9-12-20-16(13-15)10-11-17(28-20)14-26(32)23-19(27)6-4-8-22(23)30-24(31)18-5-2-3-7-21(18)29-25(26)30/h2-13,32H,14H2,1H3. The fourth-order valence-electron chi connectivity index (χ4n) is 4.67. The van der Waals surface area contributed by atoms with Crippen molar-refractivity contribution in [1.82, 2.24) is 14.5 Å². The van der Waals surface area contributed by atoms with Gasteiger partial charge >= 0.3 is 0 Å². The summed E-state index contributed by atoms with van der Waals surface area (Å²) in [7, 11) is 0. The average Bonchev–Trinajstić information content (AvgIpc) is 3.03. The molecule has 0 saturated carbocycles. The van der Waals surface area contributed by atoms with Crippen LogP contribution in [0, 0.1) is 6.92 Å². The Morgan fingerprint density at radius 1 is 0.969 bits per heavy atom. The molecule has 3 heterocycles. The number of fused-ring (bicyclic) bond motifs is 5. The number of pyridine rings is 1. The third-order valence-corrected chi connectivity index (χ3v) is 6.45. The van der Waals surface area contributed by atoms with Crippen molar-refractivity contribution in [2.45, 2.75) is 18.9 Å². The first-order valence-corrected chi connectivity index (χ1v) is 10.7. The van der Waals surface area contributed by atoms with Gasteiger partial charge in [0.1, 0.15) is 0 Å². The number of hydrogen-bond acceptors (Lipinski definition) is 4. The topological polar surface area (TPSA) is 68.0 Å². The minimum absolute atomic E-state index is 0.137. The molecule has 156 valence electrons. The van der Waals surface area contributed by atoms with Crippen molar-refractivity contribution >= 4 is 33.4 Å². The third kappa shape index (κ3) is 2.65. The molecule has 1 atom stereocenters. The zero-order chi connectivity index (χ0) is 22.0. The molecule has 1 unspecified atom stereocenters. The summed E-state index contributed by atoms with van der Waals surface area (Å²) in [6.45, 7) is 2.04. The van der Waals surface area contributed by atoms with Gasteiger partial charge in [0.2, 0.25) is 0 Å². The van der Waals surface area contributed by atoms with Gasteiger partial charge in [-0.25, -0.2) is 4.98 Å². The Kier molecular flexibility index (Phi) is 4.03. The maximum atomic E-state index is 13.4. The summed E-state index contributed by atoms with van der Waals surface area (Å²) in [4.78, 5) is 22.9.